The first kappa shape index (κ1) is 18.2. The fourth-order valence-corrected chi connectivity index (χ4v) is 3.91. The number of carbonyl (C=O) groups is 1. The van der Waals surface area contributed by atoms with Gasteiger partial charge in [0, 0.05) is 4.88 Å². The normalized spacial score (nSPS) is 11.0. The predicted molar refractivity (Wildman–Crippen MR) is 110 cm³/mol. The first-order valence-corrected chi connectivity index (χ1v) is 9.57. The van der Waals surface area contributed by atoms with Crippen LogP contribution >= 0.6 is 11.3 Å². The number of benzene rings is 1. The molecule has 3 aromatic heterocycles. The van der Waals surface area contributed by atoms with Crippen LogP contribution in [0.2, 0.25) is 0 Å². The second kappa shape index (κ2) is 7.09. The zero-order valence-electron chi connectivity index (χ0n) is 16.0. The van der Waals surface area contributed by atoms with Crippen molar-refractivity contribution in [1.82, 2.24) is 10.1 Å². The molecule has 0 aliphatic carbocycles. The van der Waals surface area contributed by atoms with E-state index in [0.717, 1.165) is 10.4 Å². The van der Waals surface area contributed by atoms with Crippen LogP contribution in [0.3, 0.4) is 0 Å². The molecule has 3 heterocycles. The second-order valence-electron chi connectivity index (χ2n) is 6.57. The molecule has 0 saturated carbocycles. The van der Waals surface area contributed by atoms with E-state index < -0.39 is 0 Å². The van der Waals surface area contributed by atoms with Gasteiger partial charge in [0.25, 0.3) is 11.6 Å². The zero-order chi connectivity index (χ0) is 19.8. The highest BCUT2D eigenvalue weighted by Crippen LogP contribution is 2.32. The number of fused-ring (bicyclic) bond motifs is 1. The number of pyridine rings is 1. The number of hydrogen-bond acceptors (Lipinski definition) is 6. The van der Waals surface area contributed by atoms with Crippen LogP contribution in [0, 0.1) is 20.8 Å². The van der Waals surface area contributed by atoms with Gasteiger partial charge in [-0.05, 0) is 56.7 Å². The number of ether oxygens (including phenoxy) is 1. The first-order chi connectivity index (χ1) is 13.5. The van der Waals surface area contributed by atoms with Gasteiger partial charge in [0.05, 0.1) is 40.0 Å². The summed E-state index contributed by atoms with van der Waals surface area (Å²) in [5.74, 6) is 0.331. The average Bonchev–Trinajstić information content (AvgIpc) is 3.27. The summed E-state index contributed by atoms with van der Waals surface area (Å²) in [6.07, 6.45) is 0. The monoisotopic (exact) mass is 393 g/mol. The summed E-state index contributed by atoms with van der Waals surface area (Å²) < 4.78 is 10.7. The quantitative estimate of drug-likeness (QED) is 0.520. The topological polar surface area (TPSA) is 77.2 Å². The number of nitrogens with zero attached hydrogens (tertiary/aromatic N) is 2. The van der Waals surface area contributed by atoms with Gasteiger partial charge in [0.15, 0.2) is 0 Å². The van der Waals surface area contributed by atoms with Crippen LogP contribution in [0.25, 0.3) is 21.7 Å². The van der Waals surface area contributed by atoms with Crippen molar-refractivity contribution in [2.45, 2.75) is 20.8 Å². The molecule has 28 heavy (non-hydrogen) atoms. The fraction of sp³-hybridized carbons (Fsp3) is 0.190. The Bertz CT molecular complexity index is 1190. The maximum Gasteiger partial charge on any atom is 0.259 e. The Labute approximate surface area is 166 Å². The Hall–Kier alpha value is -3.19. The number of amides is 1. The van der Waals surface area contributed by atoms with Gasteiger partial charge >= 0.3 is 0 Å². The molecule has 0 aliphatic heterocycles. The van der Waals surface area contributed by atoms with Crippen LogP contribution in [0.1, 0.15) is 26.5 Å². The van der Waals surface area contributed by atoms with Gasteiger partial charge in [-0.3, -0.25) is 4.79 Å². The smallest absolute Gasteiger partial charge is 0.259 e. The number of rotatable bonds is 4. The number of nitrogens with one attached hydrogen (secondary N) is 1. The van der Waals surface area contributed by atoms with Gasteiger partial charge in [-0.1, -0.05) is 11.2 Å². The van der Waals surface area contributed by atoms with Gasteiger partial charge in [0.1, 0.15) is 5.75 Å². The molecule has 142 valence electrons. The van der Waals surface area contributed by atoms with E-state index in [2.05, 4.69) is 15.5 Å². The van der Waals surface area contributed by atoms with E-state index in [9.17, 15) is 4.79 Å². The third-order valence-electron chi connectivity index (χ3n) is 4.46. The number of carbonyl (C=O) groups excluding carboxylic acids is 1. The third-order valence-corrected chi connectivity index (χ3v) is 5.48. The number of hydrogen-bond donors (Lipinski definition) is 1. The summed E-state index contributed by atoms with van der Waals surface area (Å²) in [6.45, 7) is 5.79. The Balaban J connectivity index is 1.82. The van der Waals surface area contributed by atoms with Gasteiger partial charge in [-0.15, -0.1) is 11.3 Å². The molecule has 0 unspecified atom stereocenters. The minimum atomic E-state index is -0.267. The van der Waals surface area contributed by atoms with Crippen LogP contribution in [-0.4, -0.2) is 23.2 Å². The van der Waals surface area contributed by atoms with E-state index in [1.165, 1.54) is 4.88 Å². The van der Waals surface area contributed by atoms with E-state index in [1.54, 1.807) is 31.4 Å². The maximum atomic E-state index is 13.2. The highest BCUT2D eigenvalue weighted by molar-refractivity contribution is 7.15. The lowest BCUT2D eigenvalue weighted by atomic mass is 10.1. The van der Waals surface area contributed by atoms with Crippen molar-refractivity contribution in [2.24, 2.45) is 0 Å². The number of anilines is 1. The van der Waals surface area contributed by atoms with Gasteiger partial charge in [-0.25, -0.2) is 4.98 Å². The second-order valence-corrected chi connectivity index (χ2v) is 7.86. The number of aryl methyl sites for hydroxylation is 3. The summed E-state index contributed by atoms with van der Waals surface area (Å²) >= 11 is 1.61. The van der Waals surface area contributed by atoms with Crippen molar-refractivity contribution < 1.29 is 14.1 Å². The van der Waals surface area contributed by atoms with Crippen molar-refractivity contribution in [1.29, 1.82) is 0 Å². The van der Waals surface area contributed by atoms with Crippen LogP contribution in [-0.2, 0) is 0 Å². The minimum Gasteiger partial charge on any atom is -0.495 e. The minimum absolute atomic E-state index is 0.267. The standard InChI is InChI=1S/C21H19N3O3S/c1-11-5-7-17(26-4)15(9-11)22-20(25)14-10-16(18-8-6-12(2)28-18)23-21-19(14)13(3)24-27-21/h5-10H,1-4H3,(H,22,25). The van der Waals surface area contributed by atoms with Crippen molar-refractivity contribution in [2.75, 3.05) is 12.4 Å². The largest absolute Gasteiger partial charge is 0.495 e. The highest BCUT2D eigenvalue weighted by Gasteiger charge is 2.21. The number of aromatic nitrogens is 2. The maximum absolute atomic E-state index is 13.2. The van der Waals surface area contributed by atoms with E-state index in [4.69, 9.17) is 9.26 Å². The van der Waals surface area contributed by atoms with E-state index in [0.29, 0.717) is 39.5 Å². The van der Waals surface area contributed by atoms with Crippen molar-refractivity contribution in [3.8, 4) is 16.3 Å². The molecular weight excluding hydrogens is 374 g/mol. The first-order valence-electron chi connectivity index (χ1n) is 8.76. The lowest BCUT2D eigenvalue weighted by molar-refractivity contribution is 0.102. The molecule has 0 bridgehead atoms. The Morgan fingerprint density at radius 2 is 1.96 bits per heavy atom. The zero-order valence-corrected chi connectivity index (χ0v) is 16.8. The van der Waals surface area contributed by atoms with Crippen LogP contribution in [0.4, 0.5) is 5.69 Å². The molecule has 0 spiro atoms. The predicted octanol–water partition coefficient (Wildman–Crippen LogP) is 5.14. The molecule has 7 heteroatoms. The molecule has 0 fully saturated rings. The Kier molecular flexibility index (Phi) is 4.60. The SMILES string of the molecule is COc1ccc(C)cc1NC(=O)c1cc(-c2ccc(C)s2)nc2onc(C)c12. The molecule has 4 rings (SSSR count). The average molecular weight is 393 g/mol. The van der Waals surface area contributed by atoms with Crippen LogP contribution < -0.4 is 10.1 Å². The molecule has 1 N–H and O–H groups in total. The fourth-order valence-electron chi connectivity index (χ4n) is 3.08. The summed E-state index contributed by atoms with van der Waals surface area (Å²) in [5.41, 5.74) is 3.75. The highest BCUT2D eigenvalue weighted by atomic mass is 32.1. The molecular formula is C21H19N3O3S. The molecule has 0 radical (unpaired) electrons. The lowest BCUT2D eigenvalue weighted by Gasteiger charge is -2.12. The number of thiophene rings is 1. The summed E-state index contributed by atoms with van der Waals surface area (Å²) in [6, 6.07) is 11.4. The molecule has 1 amide bonds. The number of methoxy groups -OCH3 is 1. The third kappa shape index (κ3) is 3.25. The molecule has 4 aromatic rings. The van der Waals surface area contributed by atoms with Crippen molar-refractivity contribution >= 4 is 34.0 Å². The van der Waals surface area contributed by atoms with Crippen LogP contribution in [0.15, 0.2) is 40.9 Å². The molecule has 0 atom stereocenters. The molecule has 0 saturated heterocycles. The Morgan fingerprint density at radius 3 is 2.68 bits per heavy atom. The molecule has 0 aliphatic rings. The van der Waals surface area contributed by atoms with Crippen molar-refractivity contribution in [3.05, 3.63) is 58.1 Å². The summed E-state index contributed by atoms with van der Waals surface area (Å²) in [5, 5.41) is 7.56. The summed E-state index contributed by atoms with van der Waals surface area (Å²) in [4.78, 5) is 19.9. The molecule has 6 nitrogen and oxygen atoms in total. The van der Waals surface area contributed by atoms with E-state index in [-0.39, 0.29) is 5.91 Å². The van der Waals surface area contributed by atoms with Crippen LogP contribution in [0.5, 0.6) is 5.75 Å². The summed E-state index contributed by atoms with van der Waals surface area (Å²) in [7, 11) is 1.58. The molecule has 1 aromatic carbocycles. The van der Waals surface area contributed by atoms with E-state index in [1.807, 2.05) is 44.2 Å². The lowest BCUT2D eigenvalue weighted by Crippen LogP contribution is -2.14. The van der Waals surface area contributed by atoms with Gasteiger partial charge in [0.2, 0.25) is 0 Å². The van der Waals surface area contributed by atoms with Gasteiger partial charge < -0.3 is 14.6 Å². The van der Waals surface area contributed by atoms with E-state index >= 15 is 0 Å². The van der Waals surface area contributed by atoms with Gasteiger partial charge in [-0.2, -0.15) is 0 Å². The Morgan fingerprint density at radius 1 is 1.14 bits per heavy atom. The van der Waals surface area contributed by atoms with Crippen molar-refractivity contribution in [3.63, 3.8) is 0 Å².